The molecule has 0 saturated heterocycles. The van der Waals surface area contributed by atoms with Gasteiger partial charge >= 0.3 is 33.6 Å². The molecule has 0 bridgehead atoms. The molecule has 0 fully saturated rings. The Morgan fingerprint density at radius 3 is 1.52 bits per heavy atom. The summed E-state index contributed by atoms with van der Waals surface area (Å²) in [6.45, 7) is 1.40. The van der Waals surface area contributed by atoms with Crippen molar-refractivity contribution in [1.29, 1.82) is 0 Å². The monoisotopic (exact) mass is 400 g/mol. The summed E-state index contributed by atoms with van der Waals surface area (Å²) >= 11 is 0. The largest absolute Gasteiger partial charge is 0.474 e. The molecule has 140 valence electrons. The fraction of sp³-hybridized carbons (Fsp3) is 1.00. The zero-order chi connectivity index (χ0) is 19.1. The molecule has 0 aromatic rings. The highest BCUT2D eigenvalue weighted by atomic mass is 31.2. The van der Waals surface area contributed by atoms with Crippen LogP contribution >= 0.6 is 15.6 Å². The number of halogens is 6. The van der Waals surface area contributed by atoms with E-state index in [4.69, 9.17) is 19.6 Å². The van der Waals surface area contributed by atoms with Crippen LogP contribution in [0.2, 0.25) is 0 Å². The van der Waals surface area contributed by atoms with E-state index in [0.717, 1.165) is 0 Å². The minimum Gasteiger partial charge on any atom is -0.303 e. The van der Waals surface area contributed by atoms with Crippen LogP contribution in [0, 0.1) is 5.92 Å². The van der Waals surface area contributed by atoms with Crippen LogP contribution in [0.15, 0.2) is 0 Å². The molecule has 0 radical (unpaired) electrons. The van der Waals surface area contributed by atoms with Crippen molar-refractivity contribution in [2.24, 2.45) is 5.92 Å². The first kappa shape index (κ1) is 22.8. The SMILES string of the molecule is CC(C)C(OP(=O)(O)O)C(F)(F)C(F)(F)C(F)(F)OP(=O)(O)O. The molecule has 4 N–H and O–H groups in total. The summed E-state index contributed by atoms with van der Waals surface area (Å²) in [6, 6.07) is 0. The molecular weight excluding hydrogens is 388 g/mol. The average molecular weight is 400 g/mol. The van der Waals surface area contributed by atoms with Gasteiger partial charge in [0.2, 0.25) is 0 Å². The maximum absolute atomic E-state index is 13.7. The van der Waals surface area contributed by atoms with Crippen molar-refractivity contribution in [2.45, 2.75) is 37.9 Å². The first-order chi connectivity index (χ1) is 9.75. The molecule has 16 heteroatoms. The van der Waals surface area contributed by atoms with Gasteiger partial charge in [0, 0.05) is 0 Å². The van der Waals surface area contributed by atoms with Crippen molar-refractivity contribution in [1.82, 2.24) is 0 Å². The quantitative estimate of drug-likeness (QED) is 0.360. The molecule has 1 unspecified atom stereocenters. The highest BCUT2D eigenvalue weighted by molar-refractivity contribution is 7.46. The smallest absolute Gasteiger partial charge is 0.303 e. The van der Waals surface area contributed by atoms with Crippen LogP contribution in [0.3, 0.4) is 0 Å². The highest BCUT2D eigenvalue weighted by Gasteiger charge is 2.77. The molecule has 0 amide bonds. The van der Waals surface area contributed by atoms with E-state index in [1.54, 1.807) is 0 Å². The first-order valence-electron chi connectivity index (χ1n) is 5.38. The van der Waals surface area contributed by atoms with Gasteiger partial charge in [0.05, 0.1) is 0 Å². The molecule has 23 heavy (non-hydrogen) atoms. The van der Waals surface area contributed by atoms with Gasteiger partial charge in [-0.15, -0.1) is 0 Å². The Hall–Kier alpha value is -0.200. The number of phosphoric acid groups is 2. The maximum atomic E-state index is 13.7. The minimum absolute atomic E-state index is 0.701. The van der Waals surface area contributed by atoms with E-state index < -0.39 is 45.6 Å². The van der Waals surface area contributed by atoms with E-state index in [1.165, 1.54) is 0 Å². The van der Waals surface area contributed by atoms with Crippen molar-refractivity contribution in [2.75, 3.05) is 0 Å². The lowest BCUT2D eigenvalue weighted by Crippen LogP contribution is -2.61. The van der Waals surface area contributed by atoms with Gasteiger partial charge in [0.25, 0.3) is 0 Å². The molecule has 0 aliphatic heterocycles. The number of rotatable bonds is 8. The summed E-state index contributed by atoms with van der Waals surface area (Å²) in [6.07, 6.45) is -9.80. The first-order valence-corrected chi connectivity index (χ1v) is 8.44. The standard InChI is InChI=1S/C7H12F6O8P2/c1-3(2)4(20-22(14,15)16)5(8,9)6(10,11)7(12,13)21-23(17,18)19/h3-4H,1-2H3,(H2,14,15,16)(H2,17,18,19). The summed E-state index contributed by atoms with van der Waals surface area (Å²) < 4.78 is 107. The van der Waals surface area contributed by atoms with Crippen LogP contribution < -0.4 is 0 Å². The number of hydrogen-bond acceptors (Lipinski definition) is 4. The summed E-state index contributed by atoms with van der Waals surface area (Å²) in [5.74, 6) is -14.4. The number of alkyl halides is 6. The zero-order valence-electron chi connectivity index (χ0n) is 11.2. The van der Waals surface area contributed by atoms with Crippen LogP contribution in [-0.2, 0) is 18.2 Å². The predicted octanol–water partition coefficient (Wildman–Crippen LogP) is 2.09. The van der Waals surface area contributed by atoms with Gasteiger partial charge in [-0.05, 0) is 5.92 Å². The molecule has 0 spiro atoms. The Morgan fingerprint density at radius 2 is 1.26 bits per heavy atom. The van der Waals surface area contributed by atoms with Crippen molar-refractivity contribution >= 4 is 15.6 Å². The molecule has 1 atom stereocenters. The third-order valence-electron chi connectivity index (χ3n) is 2.23. The lowest BCUT2D eigenvalue weighted by molar-refractivity contribution is -0.390. The Balaban J connectivity index is 5.90. The molecule has 0 heterocycles. The van der Waals surface area contributed by atoms with Crippen LogP contribution in [0.1, 0.15) is 13.8 Å². The van der Waals surface area contributed by atoms with Crippen molar-refractivity contribution in [3.63, 3.8) is 0 Å². The molecule has 0 aliphatic carbocycles. The average Bonchev–Trinajstić information content (AvgIpc) is 2.20. The summed E-state index contributed by atoms with van der Waals surface area (Å²) in [5.41, 5.74) is 0. The lowest BCUT2D eigenvalue weighted by Gasteiger charge is -2.37. The summed E-state index contributed by atoms with van der Waals surface area (Å²) in [5, 5.41) is 0. The molecular formula is C7H12F6O8P2. The molecule has 8 nitrogen and oxygen atoms in total. The van der Waals surface area contributed by atoms with E-state index in [9.17, 15) is 35.5 Å². The fourth-order valence-electron chi connectivity index (χ4n) is 1.33. The van der Waals surface area contributed by atoms with E-state index in [-0.39, 0.29) is 0 Å². The van der Waals surface area contributed by atoms with Crippen molar-refractivity contribution in [3.05, 3.63) is 0 Å². The second kappa shape index (κ2) is 6.60. The Bertz CT molecular complexity index is 513. The second-order valence-corrected chi connectivity index (χ2v) is 6.91. The molecule has 0 rings (SSSR count). The molecule has 0 aromatic heterocycles. The van der Waals surface area contributed by atoms with Gasteiger partial charge in [0.1, 0.15) is 6.10 Å². The maximum Gasteiger partial charge on any atom is 0.474 e. The molecule has 0 aromatic carbocycles. The summed E-state index contributed by atoms with van der Waals surface area (Å²) in [7, 11) is -12.1. The normalized spacial score (nSPS) is 16.7. The van der Waals surface area contributed by atoms with Gasteiger partial charge < -0.3 is 19.6 Å². The van der Waals surface area contributed by atoms with Crippen LogP contribution in [-0.4, -0.2) is 43.6 Å². The topological polar surface area (TPSA) is 134 Å². The van der Waals surface area contributed by atoms with Gasteiger partial charge in [-0.1, -0.05) is 13.8 Å². The van der Waals surface area contributed by atoms with Crippen LogP contribution in [0.5, 0.6) is 0 Å². The summed E-state index contributed by atoms with van der Waals surface area (Å²) in [4.78, 5) is 33.0. The van der Waals surface area contributed by atoms with E-state index in [0.29, 0.717) is 13.8 Å². The van der Waals surface area contributed by atoms with E-state index >= 15 is 0 Å². The number of phosphoric ester groups is 2. The van der Waals surface area contributed by atoms with Crippen molar-refractivity contribution < 1.29 is 64.1 Å². The van der Waals surface area contributed by atoms with Crippen LogP contribution in [0.25, 0.3) is 0 Å². The second-order valence-electron chi connectivity index (χ2n) is 4.56. The third kappa shape index (κ3) is 5.68. The molecule has 0 saturated carbocycles. The van der Waals surface area contributed by atoms with Crippen LogP contribution in [0.4, 0.5) is 26.3 Å². The van der Waals surface area contributed by atoms with Gasteiger partial charge in [-0.3, -0.25) is 4.52 Å². The Morgan fingerprint density at radius 1 is 0.870 bits per heavy atom. The van der Waals surface area contributed by atoms with E-state index in [1.807, 2.05) is 0 Å². The molecule has 0 aliphatic rings. The Labute approximate surface area is 124 Å². The van der Waals surface area contributed by atoms with Gasteiger partial charge in [0.15, 0.2) is 0 Å². The van der Waals surface area contributed by atoms with Gasteiger partial charge in [-0.25, -0.2) is 13.7 Å². The minimum atomic E-state index is -6.58. The zero-order valence-corrected chi connectivity index (χ0v) is 13.0. The fourth-order valence-corrected chi connectivity index (χ4v) is 2.42. The third-order valence-corrected chi connectivity index (χ3v) is 3.20. The number of hydrogen-bond donors (Lipinski definition) is 4. The van der Waals surface area contributed by atoms with Crippen molar-refractivity contribution in [3.8, 4) is 0 Å². The predicted molar refractivity (Wildman–Crippen MR) is 59.7 cm³/mol. The van der Waals surface area contributed by atoms with E-state index in [2.05, 4.69) is 9.05 Å². The highest BCUT2D eigenvalue weighted by Crippen LogP contribution is 2.56. The Kier molecular flexibility index (Phi) is 6.54. The lowest BCUT2D eigenvalue weighted by atomic mass is 9.95. The van der Waals surface area contributed by atoms with Gasteiger partial charge in [-0.2, -0.15) is 26.3 Å².